The van der Waals surface area contributed by atoms with Gasteiger partial charge in [-0.25, -0.2) is 8.42 Å². The molecule has 6 heteroatoms. The standard InChI is InChI=1S/C13H19NO4S/c1-3-13(14-15)11-5-7-12(8-6-11)18-9-10-19(16,17)4-2/h5-8,15H,3-4,9-10H2,1-2H3/b14-13+. The number of benzene rings is 1. The Balaban J connectivity index is 2.58. The Morgan fingerprint density at radius 2 is 1.89 bits per heavy atom. The Morgan fingerprint density at radius 1 is 1.26 bits per heavy atom. The van der Waals surface area contributed by atoms with Crippen LogP contribution in [0.2, 0.25) is 0 Å². The third kappa shape index (κ3) is 4.90. The summed E-state index contributed by atoms with van der Waals surface area (Å²) in [6.45, 7) is 3.66. The predicted molar refractivity (Wildman–Crippen MR) is 74.9 cm³/mol. The SMILES string of the molecule is CC/C(=N\O)c1ccc(OCCS(=O)(=O)CC)cc1. The highest BCUT2D eigenvalue weighted by molar-refractivity contribution is 7.91. The van der Waals surface area contributed by atoms with E-state index in [1.54, 1.807) is 31.2 Å². The van der Waals surface area contributed by atoms with E-state index in [-0.39, 0.29) is 18.1 Å². The van der Waals surface area contributed by atoms with Gasteiger partial charge in [0.2, 0.25) is 0 Å². The first-order valence-electron chi connectivity index (χ1n) is 6.17. The van der Waals surface area contributed by atoms with Gasteiger partial charge < -0.3 is 9.94 Å². The topological polar surface area (TPSA) is 76.0 Å². The molecule has 0 radical (unpaired) electrons. The minimum atomic E-state index is -3.00. The Labute approximate surface area is 113 Å². The fourth-order valence-corrected chi connectivity index (χ4v) is 2.13. The summed E-state index contributed by atoms with van der Waals surface area (Å²) in [5.74, 6) is 0.745. The maximum absolute atomic E-state index is 11.3. The molecule has 1 aromatic rings. The number of ether oxygens (including phenoxy) is 1. The van der Waals surface area contributed by atoms with Gasteiger partial charge in [-0.2, -0.15) is 0 Å². The Kier molecular flexibility index (Phi) is 5.82. The van der Waals surface area contributed by atoms with Crippen LogP contribution in [0, 0.1) is 0 Å². The maximum atomic E-state index is 11.3. The molecule has 5 nitrogen and oxygen atoms in total. The molecule has 106 valence electrons. The summed E-state index contributed by atoms with van der Waals surface area (Å²) in [5.41, 5.74) is 1.42. The molecule has 0 unspecified atom stereocenters. The van der Waals surface area contributed by atoms with Gasteiger partial charge in [0.1, 0.15) is 12.4 Å². The van der Waals surface area contributed by atoms with Crippen LogP contribution in [0.3, 0.4) is 0 Å². The molecule has 0 aliphatic rings. The van der Waals surface area contributed by atoms with Crippen LogP contribution in [0.1, 0.15) is 25.8 Å². The van der Waals surface area contributed by atoms with Crippen LogP contribution in [0.5, 0.6) is 5.75 Å². The van der Waals surface area contributed by atoms with Crippen molar-refractivity contribution in [3.63, 3.8) is 0 Å². The lowest BCUT2D eigenvalue weighted by Gasteiger charge is -2.07. The van der Waals surface area contributed by atoms with E-state index in [4.69, 9.17) is 9.94 Å². The van der Waals surface area contributed by atoms with Gasteiger partial charge >= 0.3 is 0 Å². The number of hydrogen-bond acceptors (Lipinski definition) is 5. The molecular formula is C13H19NO4S. The highest BCUT2D eigenvalue weighted by Crippen LogP contribution is 2.14. The second-order valence-corrected chi connectivity index (χ2v) is 6.48. The van der Waals surface area contributed by atoms with Crippen molar-refractivity contribution in [3.05, 3.63) is 29.8 Å². The van der Waals surface area contributed by atoms with Crippen LogP contribution in [0.25, 0.3) is 0 Å². The first-order valence-corrected chi connectivity index (χ1v) is 7.99. The van der Waals surface area contributed by atoms with Crippen LogP contribution >= 0.6 is 0 Å². The molecule has 0 amide bonds. The first-order chi connectivity index (χ1) is 9.02. The van der Waals surface area contributed by atoms with Gasteiger partial charge in [-0.3, -0.25) is 0 Å². The minimum Gasteiger partial charge on any atom is -0.493 e. The summed E-state index contributed by atoms with van der Waals surface area (Å²) in [4.78, 5) is 0. The summed E-state index contributed by atoms with van der Waals surface area (Å²) in [5, 5.41) is 12.0. The van der Waals surface area contributed by atoms with Crippen LogP contribution in [0.4, 0.5) is 0 Å². The molecule has 0 saturated heterocycles. The van der Waals surface area contributed by atoms with E-state index in [1.165, 1.54) is 0 Å². The lowest BCUT2D eigenvalue weighted by Crippen LogP contribution is -2.15. The van der Waals surface area contributed by atoms with Gasteiger partial charge in [0.05, 0.1) is 11.5 Å². The fraction of sp³-hybridized carbons (Fsp3) is 0.462. The maximum Gasteiger partial charge on any atom is 0.153 e. The van der Waals surface area contributed by atoms with E-state index >= 15 is 0 Å². The number of oxime groups is 1. The van der Waals surface area contributed by atoms with E-state index in [9.17, 15) is 8.42 Å². The fourth-order valence-electron chi connectivity index (χ4n) is 1.51. The largest absolute Gasteiger partial charge is 0.493 e. The molecule has 0 aliphatic heterocycles. The van der Waals surface area contributed by atoms with Crippen molar-refractivity contribution < 1.29 is 18.4 Å². The zero-order chi connectivity index (χ0) is 14.3. The van der Waals surface area contributed by atoms with Crippen molar-refractivity contribution in [2.75, 3.05) is 18.1 Å². The molecule has 0 spiro atoms. The molecule has 0 heterocycles. The highest BCUT2D eigenvalue weighted by Gasteiger charge is 2.07. The van der Waals surface area contributed by atoms with Crippen LogP contribution in [0.15, 0.2) is 29.4 Å². The average molecular weight is 285 g/mol. The minimum absolute atomic E-state index is 0.0174. The van der Waals surface area contributed by atoms with E-state index in [1.807, 2.05) is 6.92 Å². The number of nitrogens with zero attached hydrogens (tertiary/aromatic N) is 1. The molecule has 0 fully saturated rings. The van der Waals surface area contributed by atoms with Gasteiger partial charge in [0, 0.05) is 5.75 Å². The number of rotatable bonds is 7. The van der Waals surface area contributed by atoms with Gasteiger partial charge in [-0.15, -0.1) is 0 Å². The van der Waals surface area contributed by atoms with Crippen molar-refractivity contribution in [1.82, 2.24) is 0 Å². The second kappa shape index (κ2) is 7.13. The molecule has 0 saturated carbocycles. The van der Waals surface area contributed by atoms with Crippen molar-refractivity contribution in [1.29, 1.82) is 0 Å². The summed E-state index contributed by atoms with van der Waals surface area (Å²) >= 11 is 0. The van der Waals surface area contributed by atoms with Crippen molar-refractivity contribution in [3.8, 4) is 5.75 Å². The average Bonchev–Trinajstić information content (AvgIpc) is 2.42. The highest BCUT2D eigenvalue weighted by atomic mass is 32.2. The van der Waals surface area contributed by atoms with Gasteiger partial charge in [-0.1, -0.05) is 19.0 Å². The van der Waals surface area contributed by atoms with Crippen LogP contribution in [-0.4, -0.2) is 37.4 Å². The normalized spacial score (nSPS) is 12.4. The van der Waals surface area contributed by atoms with Crippen LogP contribution < -0.4 is 4.74 Å². The quantitative estimate of drug-likeness (QED) is 0.473. The molecular weight excluding hydrogens is 266 g/mol. The Bertz CT molecular complexity index is 520. The molecule has 1 rings (SSSR count). The molecule has 1 aromatic carbocycles. The smallest absolute Gasteiger partial charge is 0.153 e. The third-order valence-electron chi connectivity index (χ3n) is 2.75. The second-order valence-electron chi connectivity index (χ2n) is 4.01. The Hall–Kier alpha value is -1.56. The lowest BCUT2D eigenvalue weighted by molar-refractivity contribution is 0.318. The molecule has 0 atom stereocenters. The molecule has 0 bridgehead atoms. The van der Waals surface area contributed by atoms with Crippen molar-refractivity contribution >= 4 is 15.5 Å². The van der Waals surface area contributed by atoms with Crippen molar-refractivity contribution in [2.24, 2.45) is 5.16 Å². The summed E-state index contributed by atoms with van der Waals surface area (Å²) in [6.07, 6.45) is 0.630. The molecule has 0 aliphatic carbocycles. The zero-order valence-corrected chi connectivity index (χ0v) is 12.0. The third-order valence-corrected chi connectivity index (χ3v) is 4.41. The zero-order valence-electron chi connectivity index (χ0n) is 11.2. The molecule has 1 N–H and O–H groups in total. The first kappa shape index (κ1) is 15.5. The summed E-state index contributed by atoms with van der Waals surface area (Å²) in [6, 6.07) is 7.02. The van der Waals surface area contributed by atoms with E-state index in [2.05, 4.69) is 5.16 Å². The van der Waals surface area contributed by atoms with E-state index < -0.39 is 9.84 Å². The predicted octanol–water partition coefficient (Wildman–Crippen LogP) is 2.09. The summed E-state index contributed by atoms with van der Waals surface area (Å²) < 4.78 is 27.9. The van der Waals surface area contributed by atoms with Gasteiger partial charge in [0.25, 0.3) is 0 Å². The van der Waals surface area contributed by atoms with Gasteiger partial charge in [-0.05, 0) is 36.2 Å². The van der Waals surface area contributed by atoms with E-state index in [0.29, 0.717) is 17.9 Å². The van der Waals surface area contributed by atoms with Crippen molar-refractivity contribution in [2.45, 2.75) is 20.3 Å². The summed E-state index contributed by atoms with van der Waals surface area (Å²) in [7, 11) is -3.00. The Morgan fingerprint density at radius 3 is 2.37 bits per heavy atom. The van der Waals surface area contributed by atoms with E-state index in [0.717, 1.165) is 5.56 Å². The number of sulfone groups is 1. The molecule has 19 heavy (non-hydrogen) atoms. The number of hydrogen-bond donors (Lipinski definition) is 1. The lowest BCUT2D eigenvalue weighted by atomic mass is 10.1. The van der Waals surface area contributed by atoms with Crippen LogP contribution in [-0.2, 0) is 9.84 Å². The van der Waals surface area contributed by atoms with Gasteiger partial charge in [0.15, 0.2) is 9.84 Å². The monoisotopic (exact) mass is 285 g/mol. The molecule has 0 aromatic heterocycles.